The Morgan fingerprint density at radius 3 is 2.73 bits per heavy atom. The average Bonchev–Trinajstić information content (AvgIpc) is 2.50. The van der Waals surface area contributed by atoms with Gasteiger partial charge >= 0.3 is 12.0 Å². The molecule has 1 unspecified atom stereocenters. The van der Waals surface area contributed by atoms with Crippen molar-refractivity contribution in [1.29, 1.82) is 0 Å². The zero-order valence-electron chi connectivity index (χ0n) is 11.9. The highest BCUT2D eigenvalue weighted by atomic mass is 19.1. The Kier molecular flexibility index (Phi) is 4.79. The standard InChI is InChI=1S/C14H16F2N2O4/c1-22-12-6-9(15)11(5-10(12)16)17-14(21)18-4-2-3-8(7-18)13(19)20/h5-6,8H,2-4,7H2,1H3,(H,17,21)(H,19,20). The maximum absolute atomic E-state index is 13.8. The Morgan fingerprint density at radius 1 is 1.36 bits per heavy atom. The molecular weight excluding hydrogens is 298 g/mol. The summed E-state index contributed by atoms with van der Waals surface area (Å²) in [6, 6.07) is 1.00. The first-order valence-electron chi connectivity index (χ1n) is 6.74. The van der Waals surface area contributed by atoms with Crippen molar-refractivity contribution in [3.8, 4) is 5.75 Å². The molecule has 6 nitrogen and oxygen atoms in total. The average molecular weight is 314 g/mol. The summed E-state index contributed by atoms with van der Waals surface area (Å²) < 4.78 is 32.0. The molecule has 2 amide bonds. The van der Waals surface area contributed by atoms with Gasteiger partial charge in [-0.05, 0) is 12.8 Å². The van der Waals surface area contributed by atoms with Gasteiger partial charge in [-0.25, -0.2) is 13.6 Å². The molecule has 1 aromatic rings. The normalized spacial score (nSPS) is 18.0. The number of ether oxygens (including phenoxy) is 1. The van der Waals surface area contributed by atoms with E-state index in [4.69, 9.17) is 5.11 Å². The summed E-state index contributed by atoms with van der Waals surface area (Å²) in [5, 5.41) is 11.2. The number of benzene rings is 1. The number of carbonyl (C=O) groups excluding carboxylic acids is 1. The van der Waals surface area contributed by atoms with Crippen LogP contribution in [0.15, 0.2) is 12.1 Å². The molecule has 1 atom stereocenters. The second-order valence-electron chi connectivity index (χ2n) is 5.02. The Balaban J connectivity index is 2.08. The fourth-order valence-corrected chi connectivity index (χ4v) is 2.34. The molecule has 0 aliphatic carbocycles. The summed E-state index contributed by atoms with van der Waals surface area (Å²) in [4.78, 5) is 24.3. The molecule has 8 heteroatoms. The highest BCUT2D eigenvalue weighted by Gasteiger charge is 2.28. The van der Waals surface area contributed by atoms with Crippen molar-refractivity contribution < 1.29 is 28.2 Å². The van der Waals surface area contributed by atoms with Crippen LogP contribution in [0, 0.1) is 17.6 Å². The number of urea groups is 1. The number of rotatable bonds is 3. The molecule has 1 saturated heterocycles. The Hall–Kier alpha value is -2.38. The number of hydrogen-bond acceptors (Lipinski definition) is 3. The molecule has 1 heterocycles. The van der Waals surface area contributed by atoms with Gasteiger partial charge in [0.2, 0.25) is 0 Å². The first-order chi connectivity index (χ1) is 10.4. The molecule has 2 rings (SSSR count). The Labute approximate surface area is 125 Å². The maximum Gasteiger partial charge on any atom is 0.321 e. The molecule has 1 fully saturated rings. The molecule has 2 N–H and O–H groups in total. The van der Waals surface area contributed by atoms with Crippen LogP contribution >= 0.6 is 0 Å². The number of nitrogens with one attached hydrogen (secondary N) is 1. The SMILES string of the molecule is COc1cc(F)c(NC(=O)N2CCCC(C(=O)O)C2)cc1F. The quantitative estimate of drug-likeness (QED) is 0.897. The van der Waals surface area contributed by atoms with E-state index in [1.165, 1.54) is 12.0 Å². The third-order valence-electron chi connectivity index (χ3n) is 3.54. The van der Waals surface area contributed by atoms with E-state index in [0.29, 0.717) is 19.4 Å². The first kappa shape index (κ1) is 16.0. The Morgan fingerprint density at radius 2 is 2.09 bits per heavy atom. The highest BCUT2D eigenvalue weighted by Crippen LogP contribution is 2.25. The predicted octanol–water partition coefficient (Wildman–Crippen LogP) is 2.30. The van der Waals surface area contributed by atoms with Crippen LogP contribution in [0.4, 0.5) is 19.3 Å². The van der Waals surface area contributed by atoms with Crippen molar-refractivity contribution in [2.24, 2.45) is 5.92 Å². The lowest BCUT2D eigenvalue weighted by molar-refractivity contribution is -0.143. The number of carboxylic acids is 1. The van der Waals surface area contributed by atoms with Crippen LogP contribution < -0.4 is 10.1 Å². The lowest BCUT2D eigenvalue weighted by Crippen LogP contribution is -2.44. The summed E-state index contributed by atoms with van der Waals surface area (Å²) in [7, 11) is 1.20. The number of likely N-dealkylation sites (tertiary alicyclic amines) is 1. The number of halogens is 2. The maximum atomic E-state index is 13.8. The van der Waals surface area contributed by atoms with Crippen molar-refractivity contribution >= 4 is 17.7 Å². The minimum Gasteiger partial charge on any atom is -0.494 e. The van der Waals surface area contributed by atoms with Crippen molar-refractivity contribution in [3.05, 3.63) is 23.8 Å². The number of amides is 2. The van der Waals surface area contributed by atoms with Crippen LogP contribution in [0.2, 0.25) is 0 Å². The fraction of sp³-hybridized carbons (Fsp3) is 0.429. The monoisotopic (exact) mass is 314 g/mol. The summed E-state index contributed by atoms with van der Waals surface area (Å²) in [6.07, 6.45) is 1.04. The van der Waals surface area contributed by atoms with Crippen molar-refractivity contribution in [2.45, 2.75) is 12.8 Å². The first-order valence-corrected chi connectivity index (χ1v) is 6.74. The second kappa shape index (κ2) is 6.59. The minimum atomic E-state index is -0.973. The van der Waals surface area contributed by atoms with E-state index < -0.39 is 29.6 Å². The van der Waals surface area contributed by atoms with Gasteiger partial charge in [-0.2, -0.15) is 0 Å². The molecule has 1 aromatic carbocycles. The van der Waals surface area contributed by atoms with Gasteiger partial charge < -0.3 is 20.1 Å². The van der Waals surface area contributed by atoms with Crippen LogP contribution in [-0.2, 0) is 4.79 Å². The molecule has 0 radical (unpaired) electrons. The topological polar surface area (TPSA) is 78.9 Å². The molecule has 1 aliphatic heterocycles. The molecule has 0 bridgehead atoms. The van der Waals surface area contributed by atoms with Gasteiger partial charge in [-0.1, -0.05) is 0 Å². The van der Waals surface area contributed by atoms with E-state index in [9.17, 15) is 18.4 Å². The minimum absolute atomic E-state index is 0.0431. The van der Waals surface area contributed by atoms with E-state index in [-0.39, 0.29) is 18.0 Å². The number of carbonyl (C=O) groups is 2. The number of carboxylic acid groups (broad SMARTS) is 1. The molecule has 22 heavy (non-hydrogen) atoms. The lowest BCUT2D eigenvalue weighted by atomic mass is 9.99. The summed E-state index contributed by atoms with van der Waals surface area (Å²) in [5.41, 5.74) is -0.319. The summed E-state index contributed by atoms with van der Waals surface area (Å²) in [5.74, 6) is -3.52. The van der Waals surface area contributed by atoms with Gasteiger partial charge in [-0.3, -0.25) is 4.79 Å². The highest BCUT2D eigenvalue weighted by molar-refractivity contribution is 5.90. The molecular formula is C14H16F2N2O4. The molecule has 1 aliphatic rings. The molecule has 0 spiro atoms. The number of anilines is 1. The third-order valence-corrected chi connectivity index (χ3v) is 3.54. The lowest BCUT2D eigenvalue weighted by Gasteiger charge is -2.30. The van der Waals surface area contributed by atoms with Gasteiger partial charge in [0, 0.05) is 25.2 Å². The number of nitrogens with zero attached hydrogens (tertiary/aromatic N) is 1. The summed E-state index contributed by atoms with van der Waals surface area (Å²) >= 11 is 0. The van der Waals surface area contributed by atoms with E-state index in [1.807, 2.05) is 0 Å². The van der Waals surface area contributed by atoms with E-state index in [2.05, 4.69) is 10.1 Å². The van der Waals surface area contributed by atoms with Gasteiger partial charge in [0.25, 0.3) is 0 Å². The molecule has 0 saturated carbocycles. The second-order valence-corrected chi connectivity index (χ2v) is 5.02. The zero-order chi connectivity index (χ0) is 16.3. The van der Waals surface area contributed by atoms with E-state index >= 15 is 0 Å². The van der Waals surface area contributed by atoms with Crippen LogP contribution in [0.3, 0.4) is 0 Å². The number of piperidine rings is 1. The fourth-order valence-electron chi connectivity index (χ4n) is 2.34. The number of aliphatic carboxylic acids is 1. The smallest absolute Gasteiger partial charge is 0.321 e. The third kappa shape index (κ3) is 3.44. The molecule has 0 aromatic heterocycles. The van der Waals surface area contributed by atoms with Gasteiger partial charge in [0.05, 0.1) is 18.7 Å². The summed E-state index contributed by atoms with van der Waals surface area (Å²) in [6.45, 7) is 0.414. The number of methoxy groups -OCH3 is 1. The van der Waals surface area contributed by atoms with Gasteiger partial charge in [0.1, 0.15) is 0 Å². The van der Waals surface area contributed by atoms with Gasteiger partial charge in [0.15, 0.2) is 17.4 Å². The van der Waals surface area contributed by atoms with Crippen molar-refractivity contribution in [2.75, 3.05) is 25.5 Å². The molecule has 120 valence electrons. The van der Waals surface area contributed by atoms with Crippen molar-refractivity contribution in [3.63, 3.8) is 0 Å². The van der Waals surface area contributed by atoms with Crippen LogP contribution in [0.1, 0.15) is 12.8 Å². The van der Waals surface area contributed by atoms with Gasteiger partial charge in [-0.15, -0.1) is 0 Å². The Bertz CT molecular complexity index is 594. The van der Waals surface area contributed by atoms with E-state index in [0.717, 1.165) is 12.1 Å². The number of hydrogen-bond donors (Lipinski definition) is 2. The van der Waals surface area contributed by atoms with Crippen LogP contribution in [0.25, 0.3) is 0 Å². The largest absolute Gasteiger partial charge is 0.494 e. The van der Waals surface area contributed by atoms with Crippen LogP contribution in [0.5, 0.6) is 5.75 Å². The van der Waals surface area contributed by atoms with E-state index in [1.54, 1.807) is 0 Å². The zero-order valence-corrected chi connectivity index (χ0v) is 11.9. The predicted molar refractivity (Wildman–Crippen MR) is 73.9 cm³/mol. The van der Waals surface area contributed by atoms with Crippen molar-refractivity contribution in [1.82, 2.24) is 4.90 Å². The van der Waals surface area contributed by atoms with Crippen LogP contribution in [-0.4, -0.2) is 42.2 Å².